The Morgan fingerprint density at radius 3 is 1.74 bits per heavy atom. The predicted molar refractivity (Wildman–Crippen MR) is 74.4 cm³/mol. The topological polar surface area (TPSA) is 0 Å². The average Bonchev–Trinajstić information content (AvgIpc) is 2.65. The third-order valence-corrected chi connectivity index (χ3v) is 4.21. The zero-order chi connectivity index (χ0) is 12.0. The van der Waals surface area contributed by atoms with Gasteiger partial charge in [0.1, 0.15) is 0 Å². The fraction of sp³-hybridized carbons (Fsp3) is 0.333. The van der Waals surface area contributed by atoms with Gasteiger partial charge >= 0.3 is 26.2 Å². The third-order valence-electron chi connectivity index (χ3n) is 2.72. The Hall–Kier alpha value is 0.380. The molecule has 0 unspecified atom stereocenters. The van der Waals surface area contributed by atoms with Crippen LogP contribution in [0.15, 0.2) is 47.6 Å². The van der Waals surface area contributed by atoms with Gasteiger partial charge in [0.2, 0.25) is 0 Å². The van der Waals surface area contributed by atoms with Crippen LogP contribution >= 0.6 is 0 Å². The largest absolute Gasteiger partial charge is 3.00 e. The molecule has 2 rings (SSSR count). The minimum atomic E-state index is -0.212. The molecular formula is C15H20Cl2SiZr. The van der Waals surface area contributed by atoms with E-state index in [4.69, 9.17) is 0 Å². The molecule has 0 atom stereocenters. The van der Waals surface area contributed by atoms with Gasteiger partial charge in [-0.2, -0.15) is 6.08 Å². The average molecular weight is 391 g/mol. The Morgan fingerprint density at radius 2 is 1.53 bits per heavy atom. The summed E-state index contributed by atoms with van der Waals surface area (Å²) in [6.07, 6.45) is 6.41. The maximum atomic E-state index is 3.19. The predicted octanol–water partition coefficient (Wildman–Crippen LogP) is -2.26. The Labute approximate surface area is 151 Å². The van der Waals surface area contributed by atoms with E-state index < -0.39 is 0 Å². The molecule has 0 bridgehead atoms. The zero-order valence-corrected chi connectivity index (χ0v) is 16.9. The van der Waals surface area contributed by atoms with Gasteiger partial charge in [0.15, 0.2) is 0 Å². The van der Waals surface area contributed by atoms with Gasteiger partial charge < -0.3 is 24.8 Å². The molecule has 0 N–H and O–H groups in total. The van der Waals surface area contributed by atoms with Crippen LogP contribution in [0.3, 0.4) is 0 Å². The zero-order valence-electron chi connectivity index (χ0n) is 11.9. The summed E-state index contributed by atoms with van der Waals surface area (Å²) in [5.74, 6) is 0. The molecule has 1 aliphatic rings. The monoisotopic (exact) mass is 388 g/mol. The molecule has 0 fully saturated rings. The normalized spacial score (nSPS) is 11.8. The molecule has 0 saturated carbocycles. The first-order valence-corrected chi connectivity index (χ1v) is 8.21. The van der Waals surface area contributed by atoms with E-state index in [0.717, 1.165) is 6.42 Å². The van der Waals surface area contributed by atoms with Crippen LogP contribution in [0.2, 0.25) is 13.1 Å². The van der Waals surface area contributed by atoms with Crippen molar-refractivity contribution in [2.45, 2.75) is 33.4 Å². The minimum absolute atomic E-state index is 0. The van der Waals surface area contributed by atoms with Gasteiger partial charge in [0.05, 0.1) is 8.80 Å². The van der Waals surface area contributed by atoms with E-state index in [-0.39, 0.29) is 59.8 Å². The molecule has 0 heterocycles. The van der Waals surface area contributed by atoms with Gasteiger partial charge in [-0.05, 0) is 0 Å². The van der Waals surface area contributed by atoms with Gasteiger partial charge in [-0.15, -0.1) is 13.3 Å². The second-order valence-corrected chi connectivity index (χ2v) is 6.84. The van der Waals surface area contributed by atoms with E-state index in [1.807, 2.05) is 0 Å². The van der Waals surface area contributed by atoms with E-state index in [2.05, 4.69) is 69.4 Å². The maximum Gasteiger partial charge on any atom is 3.00 e. The molecule has 0 spiro atoms. The van der Waals surface area contributed by atoms with Crippen molar-refractivity contribution in [1.82, 2.24) is 0 Å². The number of hydrogen-bond acceptors (Lipinski definition) is 0. The molecule has 102 valence electrons. The molecule has 2 radical (unpaired) electrons. The SMILES string of the molecule is CC1=[C-]CC=C1C.C[Si](C)c1ccccc1.[Cl-].[Cl-].[Zr+3]. The molecule has 0 aliphatic heterocycles. The second-order valence-electron chi connectivity index (χ2n) is 4.26. The van der Waals surface area contributed by atoms with Crippen molar-refractivity contribution in [2.75, 3.05) is 0 Å². The minimum Gasteiger partial charge on any atom is -1.00 e. The first-order valence-electron chi connectivity index (χ1n) is 5.71. The van der Waals surface area contributed by atoms with Crippen molar-refractivity contribution in [1.29, 1.82) is 0 Å². The van der Waals surface area contributed by atoms with E-state index in [0.29, 0.717) is 0 Å². The Balaban J connectivity index is -0.000000237. The number of rotatable bonds is 1. The molecule has 1 aliphatic carbocycles. The van der Waals surface area contributed by atoms with Crippen molar-refractivity contribution >= 4 is 14.0 Å². The Bertz CT molecular complexity index is 370. The summed E-state index contributed by atoms with van der Waals surface area (Å²) in [5, 5.41) is 1.52. The fourth-order valence-corrected chi connectivity index (χ4v) is 2.28. The summed E-state index contributed by atoms with van der Waals surface area (Å²) < 4.78 is 0. The number of halogens is 2. The second kappa shape index (κ2) is 13.4. The first-order chi connectivity index (χ1) is 7.61. The molecule has 0 saturated heterocycles. The van der Waals surface area contributed by atoms with Crippen LogP contribution in [0.25, 0.3) is 0 Å². The van der Waals surface area contributed by atoms with Crippen molar-refractivity contribution in [3.8, 4) is 0 Å². The molecule has 0 nitrogen and oxygen atoms in total. The summed E-state index contributed by atoms with van der Waals surface area (Å²) in [6, 6.07) is 10.7. The van der Waals surface area contributed by atoms with Crippen LogP contribution in [0.4, 0.5) is 0 Å². The number of allylic oxidation sites excluding steroid dienone is 4. The molecule has 1 aromatic rings. The van der Waals surface area contributed by atoms with Crippen LogP contribution in [0.1, 0.15) is 20.3 Å². The summed E-state index contributed by atoms with van der Waals surface area (Å²) in [5.41, 5.74) is 2.71. The van der Waals surface area contributed by atoms with Crippen molar-refractivity contribution in [3.05, 3.63) is 53.6 Å². The van der Waals surface area contributed by atoms with Crippen molar-refractivity contribution in [2.24, 2.45) is 0 Å². The van der Waals surface area contributed by atoms with Gasteiger partial charge in [-0.3, -0.25) is 6.08 Å². The van der Waals surface area contributed by atoms with Crippen LogP contribution in [-0.2, 0) is 26.2 Å². The van der Waals surface area contributed by atoms with Gasteiger partial charge in [-0.25, -0.2) is 11.1 Å². The van der Waals surface area contributed by atoms with Crippen LogP contribution in [-0.4, -0.2) is 8.80 Å². The van der Waals surface area contributed by atoms with Crippen LogP contribution < -0.4 is 30.0 Å². The Kier molecular flexibility index (Phi) is 17.2. The van der Waals surface area contributed by atoms with E-state index in [1.165, 1.54) is 16.3 Å². The molecule has 0 amide bonds. The molecule has 0 aromatic heterocycles. The fourth-order valence-electron chi connectivity index (χ4n) is 1.42. The van der Waals surface area contributed by atoms with Crippen molar-refractivity contribution < 1.29 is 51.0 Å². The third kappa shape index (κ3) is 9.85. The molecule has 1 aromatic carbocycles. The summed E-state index contributed by atoms with van der Waals surface area (Å²) in [6.45, 7) is 8.83. The van der Waals surface area contributed by atoms with Crippen LogP contribution in [0, 0.1) is 6.08 Å². The summed E-state index contributed by atoms with van der Waals surface area (Å²) >= 11 is 0. The Morgan fingerprint density at radius 1 is 1.00 bits per heavy atom. The van der Waals surface area contributed by atoms with Gasteiger partial charge in [0, 0.05) is 0 Å². The summed E-state index contributed by atoms with van der Waals surface area (Å²) in [7, 11) is -0.212. The number of hydrogen-bond donors (Lipinski definition) is 0. The molecule has 19 heavy (non-hydrogen) atoms. The van der Waals surface area contributed by atoms with Gasteiger partial charge in [0.25, 0.3) is 0 Å². The van der Waals surface area contributed by atoms with Crippen LogP contribution in [0.5, 0.6) is 0 Å². The summed E-state index contributed by atoms with van der Waals surface area (Å²) in [4.78, 5) is 0. The smallest absolute Gasteiger partial charge is 1.00 e. The van der Waals surface area contributed by atoms with Crippen molar-refractivity contribution in [3.63, 3.8) is 0 Å². The maximum absolute atomic E-state index is 3.19. The van der Waals surface area contributed by atoms with E-state index >= 15 is 0 Å². The molecular weight excluding hydrogens is 370 g/mol. The van der Waals surface area contributed by atoms with E-state index in [9.17, 15) is 0 Å². The van der Waals surface area contributed by atoms with Gasteiger partial charge in [-0.1, -0.05) is 55.5 Å². The number of benzene rings is 1. The standard InChI is InChI=1S/C8H11Si.C7H9.2ClH.Zr/c1-9(2)8-6-4-3-5-7-8;1-6-4-3-5-7(6)2;;;/h3-7H,1-2H3;4H,3H2,1-2H3;2*1H;/q;-1;;;+3/p-2. The van der Waals surface area contributed by atoms with E-state index in [1.54, 1.807) is 0 Å². The molecule has 4 heteroatoms. The first kappa shape index (κ1) is 24.4. The quantitative estimate of drug-likeness (QED) is 0.375.